The summed E-state index contributed by atoms with van der Waals surface area (Å²) in [5, 5.41) is 5.86. The molecule has 2 aliphatic heterocycles. The van der Waals surface area contributed by atoms with Crippen molar-refractivity contribution in [1.29, 1.82) is 0 Å². The van der Waals surface area contributed by atoms with Crippen molar-refractivity contribution in [3.8, 4) is 0 Å². The molecular formula is C21H22N2OS2. The van der Waals surface area contributed by atoms with Crippen LogP contribution in [0.3, 0.4) is 0 Å². The summed E-state index contributed by atoms with van der Waals surface area (Å²) in [6, 6.07) is 13.1. The predicted molar refractivity (Wildman–Crippen MR) is 109 cm³/mol. The number of para-hydroxylation sites is 1. The van der Waals surface area contributed by atoms with Gasteiger partial charge in [-0.1, -0.05) is 37.5 Å². The lowest BCUT2D eigenvalue weighted by molar-refractivity contribution is -0.127. The van der Waals surface area contributed by atoms with Gasteiger partial charge < -0.3 is 10.2 Å². The molecule has 3 heterocycles. The zero-order valence-electron chi connectivity index (χ0n) is 14.6. The number of rotatable bonds is 2. The minimum atomic E-state index is 0.200. The third-order valence-electron chi connectivity index (χ3n) is 5.66. The zero-order valence-corrected chi connectivity index (χ0v) is 16.2. The molecule has 1 aromatic heterocycles. The number of anilines is 1. The van der Waals surface area contributed by atoms with Crippen LogP contribution in [0.15, 0.2) is 57.9 Å². The molecule has 0 saturated heterocycles. The number of benzene rings is 1. The number of fused-ring (bicyclic) bond motifs is 1. The van der Waals surface area contributed by atoms with Crippen LogP contribution in [0.4, 0.5) is 5.69 Å². The third kappa shape index (κ3) is 2.78. The van der Waals surface area contributed by atoms with Crippen LogP contribution in [0.25, 0.3) is 0 Å². The first-order valence-electron chi connectivity index (χ1n) is 9.41. The van der Waals surface area contributed by atoms with Crippen LogP contribution in [0.5, 0.6) is 0 Å². The van der Waals surface area contributed by atoms with Crippen molar-refractivity contribution in [2.75, 3.05) is 11.9 Å². The number of hydrogen-bond acceptors (Lipinski definition) is 4. The van der Waals surface area contributed by atoms with E-state index in [0.29, 0.717) is 6.04 Å². The van der Waals surface area contributed by atoms with Gasteiger partial charge in [-0.15, -0.1) is 23.1 Å². The summed E-state index contributed by atoms with van der Waals surface area (Å²) in [4.78, 5) is 18.0. The van der Waals surface area contributed by atoms with Gasteiger partial charge in [-0.05, 0) is 42.0 Å². The first-order chi connectivity index (χ1) is 12.8. The Labute approximate surface area is 162 Å². The molecule has 1 aromatic carbocycles. The van der Waals surface area contributed by atoms with Crippen molar-refractivity contribution in [3.05, 3.63) is 57.9 Å². The number of nitrogens with one attached hydrogen (secondary N) is 1. The first-order valence-corrected chi connectivity index (χ1v) is 11.2. The topological polar surface area (TPSA) is 32.3 Å². The highest BCUT2D eigenvalue weighted by Gasteiger charge is 2.40. The van der Waals surface area contributed by atoms with E-state index in [0.717, 1.165) is 30.8 Å². The van der Waals surface area contributed by atoms with E-state index < -0.39 is 0 Å². The van der Waals surface area contributed by atoms with Crippen molar-refractivity contribution >= 4 is 34.7 Å². The number of carbonyl (C=O) groups is 1. The molecule has 1 saturated carbocycles. The largest absolute Gasteiger partial charge is 0.350 e. The number of thiophene rings is 1. The maximum absolute atomic E-state index is 13.3. The van der Waals surface area contributed by atoms with Crippen LogP contribution in [-0.2, 0) is 4.79 Å². The lowest BCUT2D eigenvalue weighted by Crippen LogP contribution is -2.39. The smallest absolute Gasteiger partial charge is 0.270 e. The maximum Gasteiger partial charge on any atom is 0.270 e. The Morgan fingerprint density at radius 2 is 1.88 bits per heavy atom. The fraction of sp³-hybridized carbons (Fsp3) is 0.381. The van der Waals surface area contributed by atoms with E-state index in [-0.39, 0.29) is 11.2 Å². The van der Waals surface area contributed by atoms with Gasteiger partial charge in [0.1, 0.15) is 5.70 Å². The summed E-state index contributed by atoms with van der Waals surface area (Å²) in [7, 11) is 0. The molecular weight excluding hydrogens is 360 g/mol. The average molecular weight is 383 g/mol. The van der Waals surface area contributed by atoms with Gasteiger partial charge in [0.15, 0.2) is 0 Å². The predicted octanol–water partition coefficient (Wildman–Crippen LogP) is 5.44. The monoisotopic (exact) mass is 382 g/mol. The quantitative estimate of drug-likeness (QED) is 0.751. The van der Waals surface area contributed by atoms with Crippen molar-refractivity contribution < 1.29 is 4.79 Å². The Morgan fingerprint density at radius 3 is 2.69 bits per heavy atom. The van der Waals surface area contributed by atoms with Crippen LogP contribution < -0.4 is 5.32 Å². The summed E-state index contributed by atoms with van der Waals surface area (Å²) in [5.74, 6) is 0.200. The van der Waals surface area contributed by atoms with E-state index in [2.05, 4.69) is 45.9 Å². The molecule has 3 nitrogen and oxygen atoms in total. The molecule has 5 rings (SSSR count). The van der Waals surface area contributed by atoms with Gasteiger partial charge in [0.05, 0.1) is 10.9 Å². The second kappa shape index (κ2) is 6.78. The van der Waals surface area contributed by atoms with Crippen molar-refractivity contribution in [1.82, 2.24) is 4.90 Å². The second-order valence-corrected chi connectivity index (χ2v) is 9.39. The summed E-state index contributed by atoms with van der Waals surface area (Å²) in [6.07, 6.45) is 6.11. The van der Waals surface area contributed by atoms with Crippen molar-refractivity contribution in [2.24, 2.45) is 0 Å². The van der Waals surface area contributed by atoms with Gasteiger partial charge in [0.25, 0.3) is 5.91 Å². The lowest BCUT2D eigenvalue weighted by Gasteiger charge is -2.32. The van der Waals surface area contributed by atoms with Gasteiger partial charge in [0, 0.05) is 22.4 Å². The third-order valence-corrected chi connectivity index (χ3v) is 8.13. The van der Waals surface area contributed by atoms with Gasteiger partial charge >= 0.3 is 0 Å². The number of carbonyl (C=O) groups excluding carboxylic acids is 1. The van der Waals surface area contributed by atoms with Gasteiger partial charge in [-0.25, -0.2) is 0 Å². The Morgan fingerprint density at radius 1 is 1.04 bits per heavy atom. The Balaban J connectivity index is 1.54. The van der Waals surface area contributed by atoms with E-state index >= 15 is 0 Å². The van der Waals surface area contributed by atoms with Crippen molar-refractivity contribution in [3.63, 3.8) is 0 Å². The molecule has 1 aliphatic carbocycles. The average Bonchev–Trinajstić information content (AvgIpc) is 3.28. The first kappa shape index (κ1) is 16.5. The van der Waals surface area contributed by atoms with Crippen LogP contribution in [0, 0.1) is 0 Å². The maximum atomic E-state index is 13.3. The molecule has 2 aromatic rings. The standard InChI is InChI=1S/C21H22N2OS2/c24-21-19-15(13-23(21)14-7-2-1-3-8-14)20(18-11-6-12-25-18)26-17-10-5-4-9-16(17)22-19/h4-6,9-12,14,20,22H,1-3,7-8,13H2. The molecule has 26 heavy (non-hydrogen) atoms. The number of thioether (sulfide) groups is 1. The van der Waals surface area contributed by atoms with E-state index in [9.17, 15) is 4.79 Å². The highest BCUT2D eigenvalue weighted by Crippen LogP contribution is 2.50. The SMILES string of the molecule is O=C1C2=C(CN1C1CCCCC1)C(c1cccs1)Sc1ccccc1N2. The lowest BCUT2D eigenvalue weighted by atomic mass is 9.94. The molecule has 1 N–H and O–H groups in total. The number of amides is 1. The van der Waals surface area contributed by atoms with Crippen LogP contribution in [0.2, 0.25) is 0 Å². The fourth-order valence-corrected chi connectivity index (χ4v) is 6.56. The highest BCUT2D eigenvalue weighted by molar-refractivity contribution is 8.00. The molecule has 3 aliphatic rings. The van der Waals surface area contributed by atoms with Crippen LogP contribution in [0.1, 0.15) is 42.2 Å². The van der Waals surface area contributed by atoms with E-state index in [1.807, 2.05) is 17.8 Å². The summed E-state index contributed by atoms with van der Waals surface area (Å²) >= 11 is 3.66. The molecule has 1 fully saturated rings. The molecule has 1 unspecified atom stereocenters. The van der Waals surface area contributed by atoms with E-state index in [1.54, 1.807) is 11.3 Å². The van der Waals surface area contributed by atoms with Crippen LogP contribution in [-0.4, -0.2) is 23.4 Å². The van der Waals surface area contributed by atoms with E-state index in [1.165, 1.54) is 34.6 Å². The highest BCUT2D eigenvalue weighted by atomic mass is 32.2. The summed E-state index contributed by atoms with van der Waals surface area (Å²) in [5.41, 5.74) is 3.14. The summed E-state index contributed by atoms with van der Waals surface area (Å²) < 4.78 is 0. The minimum Gasteiger partial charge on any atom is -0.350 e. The Bertz CT molecular complexity index is 853. The molecule has 1 amide bonds. The number of hydrogen-bond donors (Lipinski definition) is 1. The van der Waals surface area contributed by atoms with Gasteiger partial charge in [0.2, 0.25) is 0 Å². The normalized spacial score (nSPS) is 23.5. The number of nitrogens with zero attached hydrogens (tertiary/aromatic N) is 1. The van der Waals surface area contributed by atoms with Crippen molar-refractivity contribution in [2.45, 2.75) is 48.3 Å². The fourth-order valence-electron chi connectivity index (χ4n) is 4.33. The van der Waals surface area contributed by atoms with Gasteiger partial charge in [-0.3, -0.25) is 4.79 Å². The molecule has 1 atom stereocenters. The zero-order chi connectivity index (χ0) is 17.5. The Kier molecular flexibility index (Phi) is 4.29. The second-order valence-electron chi connectivity index (χ2n) is 7.26. The molecule has 5 heteroatoms. The van der Waals surface area contributed by atoms with E-state index in [4.69, 9.17) is 0 Å². The molecule has 0 bridgehead atoms. The van der Waals surface area contributed by atoms with Gasteiger partial charge in [-0.2, -0.15) is 0 Å². The molecule has 134 valence electrons. The Hall–Kier alpha value is -1.72. The summed E-state index contributed by atoms with van der Waals surface area (Å²) in [6.45, 7) is 0.773. The molecule has 0 spiro atoms. The van der Waals surface area contributed by atoms with Crippen LogP contribution >= 0.6 is 23.1 Å². The molecule has 0 radical (unpaired) electrons. The minimum absolute atomic E-state index is 0.200.